The van der Waals surface area contributed by atoms with Gasteiger partial charge in [-0.3, -0.25) is 4.99 Å². The molecule has 1 aromatic heterocycles. The number of piperidine rings is 1. The number of nitrogens with zero attached hydrogens (tertiary/aromatic N) is 2. The number of guanidine groups is 1. The van der Waals surface area contributed by atoms with E-state index in [4.69, 9.17) is 4.99 Å². The summed E-state index contributed by atoms with van der Waals surface area (Å²) < 4.78 is 0. The summed E-state index contributed by atoms with van der Waals surface area (Å²) in [4.78, 5) is 8.99. The van der Waals surface area contributed by atoms with Gasteiger partial charge in [0.05, 0.1) is 12.6 Å². The molecule has 28 heavy (non-hydrogen) atoms. The second-order valence-corrected chi connectivity index (χ2v) is 9.31. The summed E-state index contributed by atoms with van der Waals surface area (Å²) in [6.45, 7) is 7.99. The summed E-state index contributed by atoms with van der Waals surface area (Å²) in [6, 6.07) is 4.49. The Labute approximate surface area is 174 Å². The van der Waals surface area contributed by atoms with Gasteiger partial charge in [0.15, 0.2) is 5.96 Å². The normalized spacial score (nSPS) is 21.6. The van der Waals surface area contributed by atoms with E-state index in [2.05, 4.69) is 40.0 Å². The van der Waals surface area contributed by atoms with E-state index < -0.39 is 0 Å². The van der Waals surface area contributed by atoms with E-state index in [0.29, 0.717) is 0 Å². The van der Waals surface area contributed by atoms with Crippen LogP contribution in [-0.2, 0) is 5.41 Å². The Balaban J connectivity index is 1.50. The Kier molecular flexibility index (Phi) is 8.62. The maximum absolute atomic E-state index is 9.62. The summed E-state index contributed by atoms with van der Waals surface area (Å²) in [5, 5.41) is 18.8. The fourth-order valence-corrected chi connectivity index (χ4v) is 5.50. The number of likely N-dealkylation sites (tertiary alicyclic amines) is 1. The highest BCUT2D eigenvalue weighted by Crippen LogP contribution is 2.41. The topological polar surface area (TPSA) is 59.9 Å². The molecule has 1 aliphatic heterocycles. The van der Waals surface area contributed by atoms with E-state index in [0.717, 1.165) is 64.5 Å². The van der Waals surface area contributed by atoms with Gasteiger partial charge in [0, 0.05) is 36.5 Å². The minimum absolute atomic E-state index is 0.0858. The smallest absolute Gasteiger partial charge is 0.191 e. The van der Waals surface area contributed by atoms with Gasteiger partial charge in [-0.2, -0.15) is 0 Å². The molecule has 0 spiro atoms. The molecule has 1 saturated carbocycles. The quantitative estimate of drug-likeness (QED) is 0.352. The van der Waals surface area contributed by atoms with E-state index in [9.17, 15) is 5.11 Å². The molecule has 5 nitrogen and oxygen atoms in total. The zero-order chi connectivity index (χ0) is 19.7. The molecular weight excluding hydrogens is 368 g/mol. The summed E-state index contributed by atoms with van der Waals surface area (Å²) in [6.07, 6.45) is 9.39. The van der Waals surface area contributed by atoms with E-state index >= 15 is 0 Å². The molecule has 1 saturated heterocycles. The number of aliphatic hydroxyl groups excluding tert-OH is 1. The van der Waals surface area contributed by atoms with Crippen LogP contribution in [0.5, 0.6) is 0 Å². The second kappa shape index (κ2) is 11.2. The fraction of sp³-hybridized carbons (Fsp3) is 0.773. The lowest BCUT2D eigenvalue weighted by Gasteiger charge is -2.35. The van der Waals surface area contributed by atoms with E-state index in [-0.39, 0.29) is 11.5 Å². The van der Waals surface area contributed by atoms with Crippen LogP contribution in [-0.4, -0.2) is 61.3 Å². The first-order chi connectivity index (χ1) is 13.7. The summed E-state index contributed by atoms with van der Waals surface area (Å²) in [5.74, 6) is 0.957. The third kappa shape index (κ3) is 6.19. The third-order valence-corrected chi connectivity index (χ3v) is 7.36. The van der Waals surface area contributed by atoms with Crippen molar-refractivity contribution in [3.63, 3.8) is 0 Å². The first-order valence-electron chi connectivity index (χ1n) is 11.2. The molecule has 0 aromatic carbocycles. The number of hydrogen-bond donors (Lipinski definition) is 3. The van der Waals surface area contributed by atoms with Gasteiger partial charge < -0.3 is 20.6 Å². The van der Waals surface area contributed by atoms with Crippen molar-refractivity contribution in [1.82, 2.24) is 15.5 Å². The molecule has 3 N–H and O–H groups in total. The highest BCUT2D eigenvalue weighted by atomic mass is 32.1. The Bertz CT molecular complexity index is 575. The predicted molar refractivity (Wildman–Crippen MR) is 119 cm³/mol. The lowest BCUT2D eigenvalue weighted by atomic mass is 9.73. The van der Waals surface area contributed by atoms with Crippen LogP contribution < -0.4 is 10.6 Å². The minimum Gasteiger partial charge on any atom is -0.393 e. The van der Waals surface area contributed by atoms with Crippen molar-refractivity contribution < 1.29 is 5.11 Å². The van der Waals surface area contributed by atoms with Crippen molar-refractivity contribution in [2.75, 3.05) is 39.3 Å². The Hall–Kier alpha value is -1.11. The average Bonchev–Trinajstić information content (AvgIpc) is 3.27. The van der Waals surface area contributed by atoms with Gasteiger partial charge in [-0.15, -0.1) is 11.3 Å². The van der Waals surface area contributed by atoms with E-state index in [1.165, 1.54) is 37.0 Å². The summed E-state index contributed by atoms with van der Waals surface area (Å²) in [7, 11) is 0. The van der Waals surface area contributed by atoms with E-state index in [1.54, 1.807) is 0 Å². The van der Waals surface area contributed by atoms with Crippen molar-refractivity contribution in [3.05, 3.63) is 22.4 Å². The Morgan fingerprint density at radius 3 is 2.71 bits per heavy atom. The molecule has 2 heterocycles. The van der Waals surface area contributed by atoms with Crippen LogP contribution in [0.1, 0.15) is 63.2 Å². The van der Waals surface area contributed by atoms with Crippen LogP contribution in [0.25, 0.3) is 0 Å². The van der Waals surface area contributed by atoms with Gasteiger partial charge in [0.1, 0.15) is 0 Å². The number of hydrogen-bond acceptors (Lipinski definition) is 4. The average molecular weight is 407 g/mol. The Morgan fingerprint density at radius 2 is 2.04 bits per heavy atom. The van der Waals surface area contributed by atoms with Gasteiger partial charge in [-0.25, -0.2) is 0 Å². The summed E-state index contributed by atoms with van der Waals surface area (Å²) >= 11 is 1.90. The van der Waals surface area contributed by atoms with Gasteiger partial charge in [-0.1, -0.05) is 25.3 Å². The Morgan fingerprint density at radius 1 is 1.25 bits per heavy atom. The lowest BCUT2D eigenvalue weighted by molar-refractivity contribution is 0.0823. The maximum atomic E-state index is 9.62. The highest BCUT2D eigenvalue weighted by Gasteiger charge is 2.34. The monoisotopic (exact) mass is 406 g/mol. The van der Waals surface area contributed by atoms with Crippen LogP contribution in [0, 0.1) is 0 Å². The standard InChI is InChI=1S/C22H38N4OS/c1-2-23-21(24-13-7-14-26-15-9-19(27)10-16-26)25-18-22(11-4-3-5-12-22)20-8-6-17-28-20/h6,8,17,19,27H,2-5,7,9-16,18H2,1H3,(H2,23,24,25). The van der Waals surface area contributed by atoms with Gasteiger partial charge in [0.2, 0.25) is 0 Å². The predicted octanol–water partition coefficient (Wildman–Crippen LogP) is 3.35. The lowest BCUT2D eigenvalue weighted by Crippen LogP contribution is -2.41. The number of nitrogens with one attached hydrogen (secondary N) is 2. The molecule has 3 rings (SSSR count). The fourth-order valence-electron chi connectivity index (χ4n) is 4.52. The molecule has 6 heteroatoms. The van der Waals surface area contributed by atoms with Crippen LogP contribution in [0.15, 0.2) is 22.5 Å². The zero-order valence-electron chi connectivity index (χ0n) is 17.5. The largest absolute Gasteiger partial charge is 0.393 e. The molecule has 0 atom stereocenters. The molecule has 1 aromatic rings. The molecular formula is C22H38N4OS. The molecule has 0 unspecified atom stereocenters. The number of rotatable bonds is 8. The van der Waals surface area contributed by atoms with Gasteiger partial charge >= 0.3 is 0 Å². The number of thiophene rings is 1. The van der Waals surface area contributed by atoms with Crippen molar-refractivity contribution in [1.29, 1.82) is 0 Å². The van der Waals surface area contributed by atoms with Gasteiger partial charge in [0.25, 0.3) is 0 Å². The molecule has 1 aliphatic carbocycles. The molecule has 158 valence electrons. The van der Waals surface area contributed by atoms with Crippen molar-refractivity contribution in [2.45, 2.75) is 69.8 Å². The van der Waals surface area contributed by atoms with Gasteiger partial charge in [-0.05, 0) is 57.0 Å². The summed E-state index contributed by atoms with van der Waals surface area (Å²) in [5.41, 5.74) is 0.239. The number of aliphatic hydroxyl groups is 1. The first kappa shape index (κ1) is 21.6. The molecule has 2 fully saturated rings. The van der Waals surface area contributed by atoms with Crippen molar-refractivity contribution >= 4 is 17.3 Å². The van der Waals surface area contributed by atoms with Crippen LogP contribution in [0.4, 0.5) is 0 Å². The van der Waals surface area contributed by atoms with Crippen molar-refractivity contribution in [3.8, 4) is 0 Å². The minimum atomic E-state index is -0.0858. The molecule has 2 aliphatic rings. The maximum Gasteiger partial charge on any atom is 0.191 e. The van der Waals surface area contributed by atoms with Crippen LogP contribution >= 0.6 is 11.3 Å². The van der Waals surface area contributed by atoms with Crippen LogP contribution in [0.2, 0.25) is 0 Å². The first-order valence-corrected chi connectivity index (χ1v) is 12.1. The zero-order valence-corrected chi connectivity index (χ0v) is 18.3. The molecule has 0 bridgehead atoms. The molecule has 0 amide bonds. The second-order valence-electron chi connectivity index (χ2n) is 8.37. The van der Waals surface area contributed by atoms with E-state index in [1.807, 2.05) is 11.3 Å². The van der Waals surface area contributed by atoms with Crippen molar-refractivity contribution in [2.24, 2.45) is 4.99 Å². The SMILES string of the molecule is CCNC(=NCC1(c2cccs2)CCCCC1)NCCCN1CCC(O)CC1. The van der Waals surface area contributed by atoms with Crippen LogP contribution in [0.3, 0.4) is 0 Å². The third-order valence-electron chi connectivity index (χ3n) is 6.24. The number of aliphatic imine (C=N–C) groups is 1. The molecule has 0 radical (unpaired) electrons. The highest BCUT2D eigenvalue weighted by molar-refractivity contribution is 7.10.